The quantitative estimate of drug-likeness (QED) is 0.310. The van der Waals surface area contributed by atoms with Crippen molar-refractivity contribution in [2.24, 2.45) is 0 Å². The van der Waals surface area contributed by atoms with Crippen LogP contribution in [0, 0.1) is 0 Å². The van der Waals surface area contributed by atoms with Gasteiger partial charge in [0.05, 0.1) is 6.17 Å². The molecule has 0 rings (SSSR count). The van der Waals surface area contributed by atoms with Gasteiger partial charge in [-0.05, 0) is 16.2 Å². The van der Waals surface area contributed by atoms with Gasteiger partial charge in [0, 0.05) is 6.54 Å². The Morgan fingerprint density at radius 2 is 1.22 bits per heavy atom. The molecule has 0 fully saturated rings. The van der Waals surface area contributed by atoms with Crippen LogP contribution in [0.4, 0.5) is 0 Å². The highest BCUT2D eigenvalue weighted by Crippen LogP contribution is 2.36. The topological polar surface area (TPSA) is 44.4 Å². The van der Waals surface area contributed by atoms with E-state index in [9.17, 15) is 4.79 Å². The molecule has 0 saturated carbocycles. The fraction of sp³-hybridized carbons (Fsp3) is 0.850. The summed E-state index contributed by atoms with van der Waals surface area (Å²) in [5.41, 5.74) is 0. The number of rotatable bonds is 8. The second-order valence-corrected chi connectivity index (χ2v) is 26.9. The van der Waals surface area contributed by atoms with Gasteiger partial charge in [0.2, 0.25) is 5.91 Å². The lowest BCUT2D eigenvalue weighted by Gasteiger charge is -2.47. The standard InChI is InChI=1S/C20H47N3OSi3/c1-15-18(24)23(25(8,9)10)16-17(21-26(11,12)19(2,3)4)22-27(13,14)20(5,6)7/h15,17,21-22H,1,16H2,2-14H3. The number of amides is 1. The Morgan fingerprint density at radius 3 is 1.44 bits per heavy atom. The number of hydrogen-bond acceptors (Lipinski definition) is 3. The highest BCUT2D eigenvalue weighted by atomic mass is 28.3. The Hall–Kier alpha value is -0.219. The zero-order valence-electron chi connectivity index (χ0n) is 20.4. The maximum absolute atomic E-state index is 12.6. The normalized spacial score (nSPS) is 14.4. The zero-order valence-corrected chi connectivity index (χ0v) is 23.4. The van der Waals surface area contributed by atoms with Crippen molar-refractivity contribution in [3.63, 3.8) is 0 Å². The molecule has 0 heterocycles. The van der Waals surface area contributed by atoms with E-state index in [0.29, 0.717) is 6.54 Å². The van der Waals surface area contributed by atoms with E-state index in [1.165, 1.54) is 6.08 Å². The van der Waals surface area contributed by atoms with Crippen LogP contribution in [0.5, 0.6) is 0 Å². The molecular weight excluding hydrogens is 382 g/mol. The van der Waals surface area contributed by atoms with Gasteiger partial charge in [-0.15, -0.1) is 0 Å². The lowest BCUT2D eigenvalue weighted by Crippen LogP contribution is -2.70. The molecule has 0 aliphatic heterocycles. The van der Waals surface area contributed by atoms with E-state index in [-0.39, 0.29) is 22.1 Å². The maximum Gasteiger partial charge on any atom is 0.238 e. The summed E-state index contributed by atoms with van der Waals surface area (Å²) in [6.07, 6.45) is 1.57. The van der Waals surface area contributed by atoms with Gasteiger partial charge in [-0.3, -0.25) is 4.79 Å². The fourth-order valence-electron chi connectivity index (χ4n) is 2.42. The van der Waals surface area contributed by atoms with Crippen LogP contribution in [0.3, 0.4) is 0 Å². The van der Waals surface area contributed by atoms with E-state index < -0.39 is 24.7 Å². The second kappa shape index (κ2) is 8.65. The van der Waals surface area contributed by atoms with E-state index in [0.717, 1.165) is 0 Å². The predicted octanol–water partition coefficient (Wildman–Crippen LogP) is 5.35. The molecule has 0 aromatic rings. The van der Waals surface area contributed by atoms with Crippen molar-refractivity contribution in [1.29, 1.82) is 0 Å². The maximum atomic E-state index is 12.6. The summed E-state index contributed by atoms with van der Waals surface area (Å²) in [7, 11) is -5.29. The minimum atomic E-state index is -1.81. The largest absolute Gasteiger partial charge is 0.364 e. The molecule has 0 saturated heterocycles. The first-order valence-electron chi connectivity index (χ1n) is 10.2. The van der Waals surface area contributed by atoms with Crippen LogP contribution in [-0.4, -0.2) is 47.9 Å². The predicted molar refractivity (Wildman–Crippen MR) is 130 cm³/mol. The highest BCUT2D eigenvalue weighted by molar-refractivity contribution is 6.79. The van der Waals surface area contributed by atoms with Crippen LogP contribution in [0.25, 0.3) is 0 Å². The summed E-state index contributed by atoms with van der Waals surface area (Å²) < 4.78 is 2.07. The van der Waals surface area contributed by atoms with Crippen LogP contribution in [0.15, 0.2) is 12.7 Å². The molecule has 0 bridgehead atoms. The number of nitrogens with one attached hydrogen (secondary N) is 2. The van der Waals surface area contributed by atoms with Gasteiger partial charge in [-0.25, -0.2) is 0 Å². The third-order valence-corrected chi connectivity index (χ3v) is 18.1. The summed E-state index contributed by atoms with van der Waals surface area (Å²) in [5, 5.41) is 0.458. The molecule has 0 unspecified atom stereocenters. The molecule has 0 aromatic heterocycles. The highest BCUT2D eigenvalue weighted by Gasteiger charge is 2.42. The average molecular weight is 430 g/mol. The van der Waals surface area contributed by atoms with Gasteiger partial charge in [0.15, 0.2) is 8.24 Å². The van der Waals surface area contributed by atoms with Gasteiger partial charge in [-0.1, -0.05) is 94.0 Å². The molecule has 0 aliphatic carbocycles. The van der Waals surface area contributed by atoms with Crippen molar-refractivity contribution in [3.05, 3.63) is 12.7 Å². The monoisotopic (exact) mass is 429 g/mol. The fourth-order valence-corrected chi connectivity index (χ4v) is 6.98. The van der Waals surface area contributed by atoms with Crippen LogP contribution >= 0.6 is 0 Å². The Morgan fingerprint density at radius 1 is 0.889 bits per heavy atom. The van der Waals surface area contributed by atoms with Gasteiger partial charge >= 0.3 is 0 Å². The molecule has 27 heavy (non-hydrogen) atoms. The third-order valence-electron chi connectivity index (χ3n) is 6.44. The van der Waals surface area contributed by atoms with Gasteiger partial charge in [0.25, 0.3) is 0 Å². The number of hydrogen-bond donors (Lipinski definition) is 2. The summed E-state index contributed by atoms with van der Waals surface area (Å²) in [4.78, 5) is 20.6. The summed E-state index contributed by atoms with van der Waals surface area (Å²) in [5.74, 6) is 0.0493. The van der Waals surface area contributed by atoms with E-state index in [1.807, 2.05) is 0 Å². The number of carbonyl (C=O) groups is 1. The van der Waals surface area contributed by atoms with Crippen molar-refractivity contribution in [1.82, 2.24) is 14.5 Å². The summed E-state index contributed by atoms with van der Waals surface area (Å²) >= 11 is 0. The zero-order chi connectivity index (χ0) is 22.1. The summed E-state index contributed by atoms with van der Waals surface area (Å²) in [6.45, 7) is 34.6. The van der Waals surface area contributed by atoms with Gasteiger partial charge in [0.1, 0.15) is 16.5 Å². The molecule has 0 radical (unpaired) electrons. The molecular formula is C20H47N3OSi3. The lowest BCUT2D eigenvalue weighted by molar-refractivity contribution is -0.122. The minimum Gasteiger partial charge on any atom is -0.364 e. The Balaban J connectivity index is 5.91. The van der Waals surface area contributed by atoms with Crippen molar-refractivity contribution in [2.75, 3.05) is 6.54 Å². The van der Waals surface area contributed by atoms with Crippen LogP contribution < -0.4 is 9.96 Å². The smallest absolute Gasteiger partial charge is 0.238 e. The number of carbonyl (C=O) groups excluding carboxylic acids is 1. The van der Waals surface area contributed by atoms with Crippen LogP contribution in [-0.2, 0) is 4.79 Å². The van der Waals surface area contributed by atoms with Crippen LogP contribution in [0.2, 0.25) is 55.9 Å². The van der Waals surface area contributed by atoms with Crippen molar-refractivity contribution < 1.29 is 4.79 Å². The van der Waals surface area contributed by atoms with E-state index in [2.05, 4.69) is 108 Å². The third kappa shape index (κ3) is 7.61. The molecule has 7 heteroatoms. The minimum absolute atomic E-state index is 0.0493. The van der Waals surface area contributed by atoms with E-state index in [1.54, 1.807) is 0 Å². The van der Waals surface area contributed by atoms with Crippen molar-refractivity contribution >= 4 is 30.6 Å². The van der Waals surface area contributed by atoms with E-state index in [4.69, 9.17) is 0 Å². The molecule has 4 nitrogen and oxygen atoms in total. The molecule has 0 atom stereocenters. The van der Waals surface area contributed by atoms with E-state index >= 15 is 0 Å². The van der Waals surface area contributed by atoms with Crippen LogP contribution in [0.1, 0.15) is 41.5 Å². The molecule has 0 spiro atoms. The Labute approximate surface area is 172 Å². The first kappa shape index (κ1) is 26.8. The Kier molecular flexibility index (Phi) is 8.58. The van der Waals surface area contributed by atoms with Crippen molar-refractivity contribution in [2.45, 2.75) is 104 Å². The summed E-state index contributed by atoms with van der Waals surface area (Å²) in [6, 6.07) is 0. The second-order valence-electron chi connectivity index (χ2n) is 11.9. The Bertz CT molecular complexity index is 498. The SMILES string of the molecule is C=CC(=O)N(CC(N[Si](C)(C)C(C)(C)C)N[Si](C)(C)C(C)(C)C)[Si](C)(C)C. The molecule has 0 aliphatic rings. The molecule has 160 valence electrons. The van der Waals surface area contributed by atoms with Crippen molar-refractivity contribution in [3.8, 4) is 0 Å². The lowest BCUT2D eigenvalue weighted by atomic mass is 10.2. The van der Waals surface area contributed by atoms with Gasteiger partial charge < -0.3 is 14.5 Å². The molecule has 0 aromatic carbocycles. The average Bonchev–Trinajstić information content (AvgIpc) is 2.39. The van der Waals surface area contributed by atoms with Gasteiger partial charge in [-0.2, -0.15) is 0 Å². The molecule has 1 amide bonds. The first-order valence-corrected chi connectivity index (χ1v) is 19.6. The molecule has 2 N–H and O–H groups in total. The number of nitrogens with zero attached hydrogens (tertiary/aromatic N) is 1. The first-order chi connectivity index (χ1) is 11.7.